The maximum Gasteiger partial charge on any atom is 0.247 e. The molecule has 1 aromatic heterocycles. The standard InChI is InChI=1S/C28H32N4O4/c1-21-11-13-23(14-12-21)27(28(35)30-18-19-36-2)32(20-22-8-4-3-5-9-22)26(34)16-15-25(33)31-24-10-6-7-17-29-24/h3-14,17,27H,15-16,18-20H2,1-2H3,(H,30,35)(H,29,31,33)/t27-/m0/s1. The number of hydrogen-bond donors (Lipinski definition) is 2. The van der Waals surface area contributed by atoms with Crippen LogP contribution in [0.3, 0.4) is 0 Å². The molecule has 8 nitrogen and oxygen atoms in total. The molecule has 0 aliphatic heterocycles. The minimum absolute atomic E-state index is 0.0351. The van der Waals surface area contributed by atoms with E-state index in [0.29, 0.717) is 24.5 Å². The minimum Gasteiger partial charge on any atom is -0.383 e. The van der Waals surface area contributed by atoms with Gasteiger partial charge < -0.3 is 20.3 Å². The van der Waals surface area contributed by atoms with Crippen molar-refractivity contribution < 1.29 is 19.1 Å². The highest BCUT2D eigenvalue weighted by molar-refractivity contribution is 5.94. The van der Waals surface area contributed by atoms with Crippen LogP contribution in [0.5, 0.6) is 0 Å². The highest BCUT2D eigenvalue weighted by atomic mass is 16.5. The van der Waals surface area contributed by atoms with E-state index in [1.807, 2.05) is 61.5 Å². The molecule has 0 fully saturated rings. The number of carbonyl (C=O) groups is 3. The summed E-state index contributed by atoms with van der Waals surface area (Å²) in [6.45, 7) is 2.85. The molecule has 3 aromatic rings. The molecule has 2 N–H and O–H groups in total. The maximum absolute atomic E-state index is 13.5. The lowest BCUT2D eigenvalue weighted by Gasteiger charge is -2.32. The average Bonchev–Trinajstić information content (AvgIpc) is 2.89. The summed E-state index contributed by atoms with van der Waals surface area (Å²) in [6, 6.07) is 21.4. The van der Waals surface area contributed by atoms with Gasteiger partial charge in [-0.25, -0.2) is 4.98 Å². The van der Waals surface area contributed by atoms with Crippen molar-refractivity contribution >= 4 is 23.5 Å². The zero-order valence-corrected chi connectivity index (χ0v) is 20.6. The normalized spacial score (nSPS) is 11.4. The Morgan fingerprint density at radius 3 is 2.33 bits per heavy atom. The fraction of sp³-hybridized carbons (Fsp3) is 0.286. The van der Waals surface area contributed by atoms with Gasteiger partial charge in [0.15, 0.2) is 0 Å². The molecule has 36 heavy (non-hydrogen) atoms. The molecule has 0 saturated heterocycles. The third-order valence-electron chi connectivity index (χ3n) is 5.57. The lowest BCUT2D eigenvalue weighted by molar-refractivity contribution is -0.142. The predicted molar refractivity (Wildman–Crippen MR) is 138 cm³/mol. The van der Waals surface area contributed by atoms with Crippen LogP contribution in [-0.4, -0.2) is 47.9 Å². The van der Waals surface area contributed by atoms with Crippen LogP contribution in [0, 0.1) is 6.92 Å². The third kappa shape index (κ3) is 8.02. The molecule has 0 spiro atoms. The minimum atomic E-state index is -0.867. The predicted octanol–water partition coefficient (Wildman–Crippen LogP) is 3.64. The van der Waals surface area contributed by atoms with Gasteiger partial charge in [-0.1, -0.05) is 66.2 Å². The van der Waals surface area contributed by atoms with Crippen molar-refractivity contribution in [1.29, 1.82) is 0 Å². The van der Waals surface area contributed by atoms with Crippen LogP contribution in [-0.2, 0) is 25.7 Å². The summed E-state index contributed by atoms with van der Waals surface area (Å²) in [5.41, 5.74) is 2.62. The second-order valence-electron chi connectivity index (χ2n) is 8.37. The zero-order valence-electron chi connectivity index (χ0n) is 20.6. The largest absolute Gasteiger partial charge is 0.383 e. The summed E-state index contributed by atoms with van der Waals surface area (Å²) in [7, 11) is 1.56. The van der Waals surface area contributed by atoms with Crippen LogP contribution in [0.2, 0.25) is 0 Å². The van der Waals surface area contributed by atoms with Gasteiger partial charge in [-0.3, -0.25) is 14.4 Å². The fourth-order valence-electron chi connectivity index (χ4n) is 3.70. The number of pyridine rings is 1. The second kappa shape index (κ2) is 13.7. The first-order valence-electron chi connectivity index (χ1n) is 11.9. The molecule has 0 aliphatic carbocycles. The number of aryl methyl sites for hydroxylation is 1. The van der Waals surface area contributed by atoms with E-state index in [9.17, 15) is 14.4 Å². The first kappa shape index (κ1) is 26.6. The molecule has 8 heteroatoms. The Kier molecular flexibility index (Phi) is 10.1. The highest BCUT2D eigenvalue weighted by Gasteiger charge is 2.31. The topological polar surface area (TPSA) is 101 Å². The molecular formula is C28H32N4O4. The van der Waals surface area contributed by atoms with Crippen molar-refractivity contribution in [3.8, 4) is 0 Å². The molecule has 1 heterocycles. The van der Waals surface area contributed by atoms with Crippen molar-refractivity contribution in [3.63, 3.8) is 0 Å². The van der Waals surface area contributed by atoms with Gasteiger partial charge in [-0.2, -0.15) is 0 Å². The van der Waals surface area contributed by atoms with Crippen LogP contribution in [0.15, 0.2) is 79.0 Å². The Morgan fingerprint density at radius 1 is 0.944 bits per heavy atom. The van der Waals surface area contributed by atoms with Gasteiger partial charge in [0, 0.05) is 39.2 Å². The zero-order chi connectivity index (χ0) is 25.8. The van der Waals surface area contributed by atoms with Crippen LogP contribution in [0.25, 0.3) is 0 Å². The van der Waals surface area contributed by atoms with E-state index in [2.05, 4.69) is 15.6 Å². The van der Waals surface area contributed by atoms with E-state index in [1.54, 1.807) is 31.5 Å². The van der Waals surface area contributed by atoms with E-state index in [1.165, 1.54) is 4.90 Å². The van der Waals surface area contributed by atoms with Gasteiger partial charge in [0.25, 0.3) is 0 Å². The first-order valence-corrected chi connectivity index (χ1v) is 11.9. The van der Waals surface area contributed by atoms with Gasteiger partial charge in [0.2, 0.25) is 17.7 Å². The summed E-state index contributed by atoms with van der Waals surface area (Å²) in [6.07, 6.45) is 1.49. The number of rotatable bonds is 12. The summed E-state index contributed by atoms with van der Waals surface area (Å²) >= 11 is 0. The monoisotopic (exact) mass is 488 g/mol. The van der Waals surface area contributed by atoms with Crippen molar-refractivity contribution in [2.75, 3.05) is 25.6 Å². The van der Waals surface area contributed by atoms with Crippen LogP contribution in [0.4, 0.5) is 5.82 Å². The Balaban J connectivity index is 1.84. The van der Waals surface area contributed by atoms with E-state index in [4.69, 9.17) is 4.74 Å². The molecular weight excluding hydrogens is 456 g/mol. The summed E-state index contributed by atoms with van der Waals surface area (Å²) < 4.78 is 5.07. The van der Waals surface area contributed by atoms with Gasteiger partial charge in [-0.15, -0.1) is 0 Å². The molecule has 3 rings (SSSR count). The molecule has 0 unspecified atom stereocenters. The third-order valence-corrected chi connectivity index (χ3v) is 5.57. The van der Waals surface area contributed by atoms with E-state index < -0.39 is 6.04 Å². The lowest BCUT2D eigenvalue weighted by Crippen LogP contribution is -2.44. The van der Waals surface area contributed by atoms with Crippen molar-refractivity contribution in [1.82, 2.24) is 15.2 Å². The van der Waals surface area contributed by atoms with E-state index >= 15 is 0 Å². The first-order chi connectivity index (χ1) is 17.5. The van der Waals surface area contributed by atoms with Gasteiger partial charge in [0.1, 0.15) is 11.9 Å². The number of ether oxygens (including phenoxy) is 1. The number of anilines is 1. The highest BCUT2D eigenvalue weighted by Crippen LogP contribution is 2.25. The molecule has 0 saturated carbocycles. The molecule has 188 valence electrons. The molecule has 0 aliphatic rings. The number of aromatic nitrogens is 1. The Bertz CT molecular complexity index is 1120. The van der Waals surface area contributed by atoms with E-state index in [-0.39, 0.29) is 37.1 Å². The SMILES string of the molecule is COCCNC(=O)[C@H](c1ccc(C)cc1)N(Cc1ccccc1)C(=O)CCC(=O)Nc1ccccn1. The molecule has 1 atom stereocenters. The number of methoxy groups -OCH3 is 1. The van der Waals surface area contributed by atoms with Gasteiger partial charge in [0.05, 0.1) is 6.61 Å². The number of carbonyl (C=O) groups excluding carboxylic acids is 3. The molecule has 0 bridgehead atoms. The Hall–Kier alpha value is -4.04. The number of amides is 3. The number of nitrogens with zero attached hydrogens (tertiary/aromatic N) is 2. The lowest BCUT2D eigenvalue weighted by atomic mass is 10.0. The Morgan fingerprint density at radius 2 is 1.67 bits per heavy atom. The summed E-state index contributed by atoms with van der Waals surface area (Å²) in [5, 5.41) is 5.57. The quantitative estimate of drug-likeness (QED) is 0.379. The van der Waals surface area contributed by atoms with Gasteiger partial charge in [-0.05, 0) is 30.2 Å². The van der Waals surface area contributed by atoms with Crippen LogP contribution < -0.4 is 10.6 Å². The van der Waals surface area contributed by atoms with Crippen LogP contribution >= 0.6 is 0 Å². The van der Waals surface area contributed by atoms with Gasteiger partial charge >= 0.3 is 0 Å². The molecule has 3 amide bonds. The van der Waals surface area contributed by atoms with E-state index in [0.717, 1.165) is 11.1 Å². The fourth-order valence-corrected chi connectivity index (χ4v) is 3.70. The van der Waals surface area contributed by atoms with Crippen molar-refractivity contribution in [2.45, 2.75) is 32.4 Å². The molecule has 2 aromatic carbocycles. The van der Waals surface area contributed by atoms with Crippen molar-refractivity contribution in [3.05, 3.63) is 95.7 Å². The summed E-state index contributed by atoms with van der Waals surface area (Å²) in [4.78, 5) is 45.0. The smallest absolute Gasteiger partial charge is 0.247 e. The number of nitrogens with one attached hydrogen (secondary N) is 2. The molecule has 0 radical (unpaired) electrons. The van der Waals surface area contributed by atoms with Crippen LogP contribution in [0.1, 0.15) is 35.6 Å². The number of hydrogen-bond acceptors (Lipinski definition) is 5. The van der Waals surface area contributed by atoms with Crippen molar-refractivity contribution in [2.24, 2.45) is 0 Å². The average molecular weight is 489 g/mol. The number of benzene rings is 2. The maximum atomic E-state index is 13.5. The Labute approximate surface area is 211 Å². The summed E-state index contributed by atoms with van der Waals surface area (Å²) in [5.74, 6) is -0.509. The second-order valence-corrected chi connectivity index (χ2v) is 8.37.